The molecule has 1 aliphatic rings. The molecule has 0 bridgehead atoms. The van der Waals surface area contributed by atoms with Crippen molar-refractivity contribution in [1.29, 1.82) is 0 Å². The summed E-state index contributed by atoms with van der Waals surface area (Å²) in [7, 11) is 0. The molecule has 0 aromatic heterocycles. The summed E-state index contributed by atoms with van der Waals surface area (Å²) in [5.41, 5.74) is 6.85. The number of nitrogens with one attached hydrogen (secondary N) is 1. The van der Waals surface area contributed by atoms with Crippen molar-refractivity contribution in [3.05, 3.63) is 35.1 Å². The van der Waals surface area contributed by atoms with Crippen LogP contribution in [0.25, 0.3) is 0 Å². The molecule has 1 aliphatic heterocycles. The molecule has 86 valence electrons. The van der Waals surface area contributed by atoms with Gasteiger partial charge in [-0.25, -0.2) is 4.39 Å². The minimum atomic E-state index is -0.248. The first-order valence-corrected chi connectivity index (χ1v) is 5.46. The van der Waals surface area contributed by atoms with E-state index in [0.717, 1.165) is 12.0 Å². The fourth-order valence-electron chi connectivity index (χ4n) is 2.08. The van der Waals surface area contributed by atoms with Gasteiger partial charge < -0.3 is 11.1 Å². The lowest BCUT2D eigenvalue weighted by Crippen LogP contribution is -2.32. The predicted octanol–water partition coefficient (Wildman–Crippen LogP) is 1.28. The van der Waals surface area contributed by atoms with Crippen molar-refractivity contribution in [1.82, 2.24) is 5.32 Å². The number of hydrogen-bond acceptors (Lipinski definition) is 2. The number of carbonyl (C=O) groups is 1. The second kappa shape index (κ2) is 4.61. The monoisotopic (exact) mass is 222 g/mol. The van der Waals surface area contributed by atoms with Crippen molar-refractivity contribution in [3.63, 3.8) is 0 Å². The zero-order chi connectivity index (χ0) is 11.5. The Morgan fingerprint density at radius 2 is 2.31 bits per heavy atom. The lowest BCUT2D eigenvalue weighted by Gasteiger charge is -2.22. The molecule has 0 aliphatic carbocycles. The summed E-state index contributed by atoms with van der Waals surface area (Å²) in [6.07, 6.45) is 1.17. The van der Waals surface area contributed by atoms with Gasteiger partial charge >= 0.3 is 0 Å². The van der Waals surface area contributed by atoms with E-state index in [0.29, 0.717) is 25.1 Å². The Hall–Kier alpha value is -1.42. The van der Waals surface area contributed by atoms with Gasteiger partial charge in [0, 0.05) is 19.5 Å². The molecule has 2 rings (SSSR count). The van der Waals surface area contributed by atoms with Crippen LogP contribution in [0, 0.1) is 5.82 Å². The van der Waals surface area contributed by atoms with Crippen molar-refractivity contribution in [3.8, 4) is 0 Å². The van der Waals surface area contributed by atoms with E-state index in [1.165, 1.54) is 6.07 Å². The minimum Gasteiger partial charge on any atom is -0.356 e. The number of rotatable bonds is 2. The molecule has 0 unspecified atom stereocenters. The summed E-state index contributed by atoms with van der Waals surface area (Å²) in [4.78, 5) is 11.2. The highest BCUT2D eigenvalue weighted by atomic mass is 19.1. The molecule has 1 aromatic carbocycles. The fourth-order valence-corrected chi connectivity index (χ4v) is 2.08. The van der Waals surface area contributed by atoms with Crippen LogP contribution in [0.3, 0.4) is 0 Å². The van der Waals surface area contributed by atoms with Crippen LogP contribution in [0.5, 0.6) is 0 Å². The molecule has 0 radical (unpaired) electrons. The molecule has 1 heterocycles. The average Bonchev–Trinajstić information content (AvgIpc) is 2.28. The van der Waals surface area contributed by atoms with Crippen molar-refractivity contribution >= 4 is 5.91 Å². The molecule has 1 aromatic rings. The standard InChI is InChI=1S/C12H15FN2O/c13-11-5-8(7-14)1-2-10(11)9-3-4-15-12(16)6-9/h1-2,5,9H,3-4,6-7,14H2,(H,15,16)/t9-/m0/s1. The van der Waals surface area contributed by atoms with Gasteiger partial charge in [0.15, 0.2) is 0 Å². The highest BCUT2D eigenvalue weighted by Gasteiger charge is 2.22. The third-order valence-corrected chi connectivity index (χ3v) is 2.99. The lowest BCUT2D eigenvalue weighted by atomic mass is 9.89. The van der Waals surface area contributed by atoms with E-state index < -0.39 is 0 Å². The maximum Gasteiger partial charge on any atom is 0.220 e. The molecular weight excluding hydrogens is 207 g/mol. The van der Waals surface area contributed by atoms with Gasteiger partial charge in [0.25, 0.3) is 0 Å². The van der Waals surface area contributed by atoms with Crippen LogP contribution >= 0.6 is 0 Å². The number of nitrogens with two attached hydrogens (primary N) is 1. The highest BCUT2D eigenvalue weighted by Crippen LogP contribution is 2.28. The van der Waals surface area contributed by atoms with E-state index in [1.54, 1.807) is 6.07 Å². The number of benzene rings is 1. The topological polar surface area (TPSA) is 55.1 Å². The second-order valence-corrected chi connectivity index (χ2v) is 4.10. The normalized spacial score (nSPS) is 20.6. The Bertz CT molecular complexity index is 406. The summed E-state index contributed by atoms with van der Waals surface area (Å²) in [5, 5.41) is 2.74. The van der Waals surface area contributed by atoms with Gasteiger partial charge in [0.1, 0.15) is 5.82 Å². The third kappa shape index (κ3) is 2.22. The van der Waals surface area contributed by atoms with E-state index in [-0.39, 0.29) is 17.6 Å². The quantitative estimate of drug-likeness (QED) is 0.792. The van der Waals surface area contributed by atoms with Crippen molar-refractivity contribution in [2.75, 3.05) is 6.54 Å². The number of hydrogen-bond donors (Lipinski definition) is 2. The first-order chi connectivity index (χ1) is 7.70. The van der Waals surface area contributed by atoms with Crippen LogP contribution < -0.4 is 11.1 Å². The Morgan fingerprint density at radius 1 is 1.50 bits per heavy atom. The zero-order valence-electron chi connectivity index (χ0n) is 9.00. The van der Waals surface area contributed by atoms with E-state index in [9.17, 15) is 9.18 Å². The van der Waals surface area contributed by atoms with Crippen LogP contribution in [0.15, 0.2) is 18.2 Å². The van der Waals surface area contributed by atoms with Crippen LogP contribution in [-0.2, 0) is 11.3 Å². The number of carbonyl (C=O) groups excluding carboxylic acids is 1. The van der Waals surface area contributed by atoms with Gasteiger partial charge in [-0.2, -0.15) is 0 Å². The molecule has 4 heteroatoms. The average molecular weight is 222 g/mol. The molecule has 0 saturated carbocycles. The first kappa shape index (κ1) is 11.1. The van der Waals surface area contributed by atoms with Crippen LogP contribution in [-0.4, -0.2) is 12.5 Å². The van der Waals surface area contributed by atoms with Crippen LogP contribution in [0.1, 0.15) is 29.9 Å². The van der Waals surface area contributed by atoms with Gasteiger partial charge in [-0.15, -0.1) is 0 Å². The van der Waals surface area contributed by atoms with Crippen molar-refractivity contribution in [2.45, 2.75) is 25.3 Å². The van der Waals surface area contributed by atoms with Gasteiger partial charge in [-0.05, 0) is 29.5 Å². The molecule has 1 amide bonds. The molecule has 1 atom stereocenters. The highest BCUT2D eigenvalue weighted by molar-refractivity contribution is 5.77. The maximum atomic E-state index is 13.8. The molecule has 0 spiro atoms. The van der Waals surface area contributed by atoms with Crippen molar-refractivity contribution < 1.29 is 9.18 Å². The lowest BCUT2D eigenvalue weighted by molar-refractivity contribution is -0.122. The Morgan fingerprint density at radius 3 is 2.94 bits per heavy atom. The van der Waals surface area contributed by atoms with Crippen LogP contribution in [0.2, 0.25) is 0 Å². The molecule has 3 N–H and O–H groups in total. The predicted molar refractivity (Wildman–Crippen MR) is 59.3 cm³/mol. The number of halogens is 1. The first-order valence-electron chi connectivity index (χ1n) is 5.46. The van der Waals surface area contributed by atoms with E-state index in [1.807, 2.05) is 6.07 Å². The Labute approximate surface area is 93.8 Å². The van der Waals surface area contributed by atoms with Gasteiger partial charge in [0.05, 0.1) is 0 Å². The third-order valence-electron chi connectivity index (χ3n) is 2.99. The van der Waals surface area contributed by atoms with E-state index in [2.05, 4.69) is 5.32 Å². The summed E-state index contributed by atoms with van der Waals surface area (Å²) in [6.45, 7) is 0.962. The molecule has 1 saturated heterocycles. The molecular formula is C12H15FN2O. The second-order valence-electron chi connectivity index (χ2n) is 4.10. The fraction of sp³-hybridized carbons (Fsp3) is 0.417. The molecule has 3 nitrogen and oxygen atoms in total. The van der Waals surface area contributed by atoms with Gasteiger partial charge in [0.2, 0.25) is 5.91 Å². The van der Waals surface area contributed by atoms with E-state index >= 15 is 0 Å². The maximum absolute atomic E-state index is 13.8. The minimum absolute atomic E-state index is 0.000532. The Kier molecular flexibility index (Phi) is 3.19. The number of amides is 1. The zero-order valence-corrected chi connectivity index (χ0v) is 9.00. The van der Waals surface area contributed by atoms with Gasteiger partial charge in [-0.1, -0.05) is 12.1 Å². The van der Waals surface area contributed by atoms with Crippen LogP contribution in [0.4, 0.5) is 4.39 Å². The molecule has 1 fully saturated rings. The smallest absolute Gasteiger partial charge is 0.220 e. The SMILES string of the molecule is NCc1ccc([C@H]2CCNC(=O)C2)c(F)c1. The van der Waals surface area contributed by atoms with Gasteiger partial charge in [-0.3, -0.25) is 4.79 Å². The van der Waals surface area contributed by atoms with E-state index in [4.69, 9.17) is 5.73 Å². The molecule has 16 heavy (non-hydrogen) atoms. The Balaban J connectivity index is 2.22. The largest absolute Gasteiger partial charge is 0.356 e. The van der Waals surface area contributed by atoms with Crippen molar-refractivity contribution in [2.24, 2.45) is 5.73 Å². The summed E-state index contributed by atoms with van der Waals surface area (Å²) >= 11 is 0. The number of piperidine rings is 1. The summed E-state index contributed by atoms with van der Waals surface area (Å²) < 4.78 is 13.8. The summed E-state index contributed by atoms with van der Waals surface area (Å²) in [6, 6.07) is 5.04. The summed E-state index contributed by atoms with van der Waals surface area (Å²) in [5.74, 6) is -0.248.